The van der Waals surface area contributed by atoms with E-state index in [1.807, 2.05) is 18.2 Å². The third-order valence-corrected chi connectivity index (χ3v) is 5.74. The van der Waals surface area contributed by atoms with Crippen molar-refractivity contribution in [3.63, 3.8) is 0 Å². The summed E-state index contributed by atoms with van der Waals surface area (Å²) < 4.78 is 0. The van der Waals surface area contributed by atoms with Gasteiger partial charge in [0.1, 0.15) is 0 Å². The van der Waals surface area contributed by atoms with Gasteiger partial charge in [-0.1, -0.05) is 36.8 Å². The van der Waals surface area contributed by atoms with Crippen molar-refractivity contribution in [1.29, 1.82) is 0 Å². The number of nitrogens with zero attached hydrogens (tertiary/aromatic N) is 1. The minimum atomic E-state index is 0.00618. The summed E-state index contributed by atoms with van der Waals surface area (Å²) in [6.07, 6.45) is 5.66. The van der Waals surface area contributed by atoms with Gasteiger partial charge in [-0.3, -0.25) is 14.5 Å². The Morgan fingerprint density at radius 1 is 1.11 bits per heavy atom. The van der Waals surface area contributed by atoms with Gasteiger partial charge in [-0.05, 0) is 55.1 Å². The molecule has 1 atom stereocenters. The van der Waals surface area contributed by atoms with Gasteiger partial charge in [0, 0.05) is 30.3 Å². The average molecular weight is 362 g/mol. The number of benzene rings is 2. The van der Waals surface area contributed by atoms with Crippen molar-refractivity contribution in [3.05, 3.63) is 65.2 Å². The first-order valence-electron chi connectivity index (χ1n) is 9.93. The first-order chi connectivity index (χ1) is 13.2. The number of amides is 1. The third-order valence-electron chi connectivity index (χ3n) is 5.74. The summed E-state index contributed by atoms with van der Waals surface area (Å²) in [5.41, 5.74) is 3.87. The summed E-state index contributed by atoms with van der Waals surface area (Å²) in [6, 6.07) is 16.7. The van der Waals surface area contributed by atoms with Crippen molar-refractivity contribution in [2.45, 2.75) is 44.6 Å². The molecule has 0 saturated carbocycles. The molecule has 0 spiro atoms. The van der Waals surface area contributed by atoms with Crippen LogP contribution in [0.3, 0.4) is 0 Å². The number of piperidine rings is 1. The summed E-state index contributed by atoms with van der Waals surface area (Å²) >= 11 is 0. The number of likely N-dealkylation sites (tertiary alicyclic amines) is 1. The maximum absolute atomic E-state index is 12.7. The Labute approximate surface area is 160 Å². The molecule has 1 fully saturated rings. The van der Waals surface area contributed by atoms with Gasteiger partial charge < -0.3 is 5.32 Å². The lowest BCUT2D eigenvalue weighted by Crippen LogP contribution is -2.41. The second-order valence-electron chi connectivity index (χ2n) is 7.65. The lowest BCUT2D eigenvalue weighted by atomic mass is 9.95. The van der Waals surface area contributed by atoms with Crippen LogP contribution in [-0.4, -0.2) is 35.7 Å². The van der Waals surface area contributed by atoms with Crippen LogP contribution < -0.4 is 5.32 Å². The topological polar surface area (TPSA) is 49.4 Å². The molecule has 4 heteroatoms. The minimum Gasteiger partial charge on any atom is -0.326 e. The number of fused-ring (bicyclic) bond motifs is 1. The van der Waals surface area contributed by atoms with E-state index in [1.54, 1.807) is 0 Å². The number of carbonyl (C=O) groups is 2. The molecule has 0 aromatic heterocycles. The van der Waals surface area contributed by atoms with Crippen LogP contribution in [0.1, 0.15) is 47.2 Å². The molecule has 0 aliphatic carbocycles. The largest absolute Gasteiger partial charge is 0.326 e. The monoisotopic (exact) mass is 362 g/mol. The number of Topliss-reactive ketones (excluding diaryl/α,β-unsaturated/α-hetero) is 1. The Morgan fingerprint density at radius 3 is 2.81 bits per heavy atom. The van der Waals surface area contributed by atoms with Gasteiger partial charge in [0.15, 0.2) is 5.78 Å². The Morgan fingerprint density at radius 2 is 1.96 bits per heavy atom. The van der Waals surface area contributed by atoms with Gasteiger partial charge in [0.05, 0.1) is 6.42 Å². The minimum absolute atomic E-state index is 0.00618. The van der Waals surface area contributed by atoms with Crippen LogP contribution in [0, 0.1) is 0 Å². The van der Waals surface area contributed by atoms with Crippen LogP contribution in [-0.2, 0) is 17.6 Å². The van der Waals surface area contributed by atoms with Gasteiger partial charge >= 0.3 is 0 Å². The van der Waals surface area contributed by atoms with Gasteiger partial charge in [-0.15, -0.1) is 0 Å². The quantitative estimate of drug-likeness (QED) is 0.794. The highest BCUT2D eigenvalue weighted by molar-refractivity contribution is 6.02. The van der Waals surface area contributed by atoms with Crippen molar-refractivity contribution in [2.24, 2.45) is 0 Å². The average Bonchev–Trinajstić information content (AvgIpc) is 3.07. The second-order valence-corrected chi connectivity index (χ2v) is 7.65. The highest BCUT2D eigenvalue weighted by atomic mass is 16.1. The van der Waals surface area contributed by atoms with E-state index < -0.39 is 0 Å². The Bertz CT molecular complexity index is 832. The summed E-state index contributed by atoms with van der Waals surface area (Å²) in [7, 11) is 0. The summed E-state index contributed by atoms with van der Waals surface area (Å²) in [4.78, 5) is 26.7. The van der Waals surface area contributed by atoms with E-state index in [2.05, 4.69) is 40.5 Å². The summed E-state index contributed by atoms with van der Waals surface area (Å²) in [5, 5.41) is 2.82. The molecule has 2 heterocycles. The SMILES string of the molecule is O=C1Cc2cc(C(=O)CCN3CCCCC3Cc3ccccc3)ccc2N1. The maximum atomic E-state index is 12.7. The van der Waals surface area contributed by atoms with Gasteiger partial charge in [0.25, 0.3) is 0 Å². The van der Waals surface area contributed by atoms with E-state index in [9.17, 15) is 9.59 Å². The number of hydrogen-bond donors (Lipinski definition) is 1. The van der Waals surface area contributed by atoms with Crippen molar-refractivity contribution >= 4 is 17.4 Å². The molecular weight excluding hydrogens is 336 g/mol. The van der Waals surface area contributed by atoms with Crippen molar-refractivity contribution in [1.82, 2.24) is 4.90 Å². The van der Waals surface area contributed by atoms with Crippen molar-refractivity contribution in [2.75, 3.05) is 18.4 Å². The zero-order chi connectivity index (χ0) is 18.6. The smallest absolute Gasteiger partial charge is 0.228 e. The van der Waals surface area contributed by atoms with Crippen LogP contribution >= 0.6 is 0 Å². The van der Waals surface area contributed by atoms with Crippen LogP contribution in [0.2, 0.25) is 0 Å². The zero-order valence-electron chi connectivity index (χ0n) is 15.6. The van der Waals surface area contributed by atoms with Gasteiger partial charge in [-0.2, -0.15) is 0 Å². The standard InChI is InChI=1S/C23H26N2O2/c26-22(18-9-10-21-19(15-18)16-23(27)24-21)11-13-25-12-5-4-8-20(25)14-17-6-2-1-3-7-17/h1-3,6-7,9-10,15,20H,4-5,8,11-14,16H2,(H,24,27). The highest BCUT2D eigenvalue weighted by Gasteiger charge is 2.24. The van der Waals surface area contributed by atoms with Crippen LogP contribution in [0.25, 0.3) is 0 Å². The molecule has 2 aromatic rings. The molecule has 1 unspecified atom stereocenters. The fourth-order valence-electron chi connectivity index (χ4n) is 4.26. The lowest BCUT2D eigenvalue weighted by Gasteiger charge is -2.35. The van der Waals surface area contributed by atoms with E-state index in [-0.39, 0.29) is 11.7 Å². The highest BCUT2D eigenvalue weighted by Crippen LogP contribution is 2.25. The number of nitrogens with one attached hydrogen (secondary N) is 1. The number of ketones is 1. The third kappa shape index (κ3) is 4.28. The van der Waals surface area contributed by atoms with Crippen LogP contribution in [0.15, 0.2) is 48.5 Å². The Balaban J connectivity index is 1.37. The van der Waals surface area contributed by atoms with Crippen LogP contribution in [0.5, 0.6) is 0 Å². The molecule has 27 heavy (non-hydrogen) atoms. The van der Waals surface area contributed by atoms with Gasteiger partial charge in [0.2, 0.25) is 5.91 Å². The van der Waals surface area contributed by atoms with Crippen LogP contribution in [0.4, 0.5) is 5.69 Å². The molecule has 4 nitrogen and oxygen atoms in total. The number of carbonyl (C=O) groups excluding carboxylic acids is 2. The van der Waals surface area contributed by atoms with E-state index in [4.69, 9.17) is 0 Å². The molecule has 1 N–H and O–H groups in total. The fraction of sp³-hybridized carbons (Fsp3) is 0.391. The molecule has 0 bridgehead atoms. The lowest BCUT2D eigenvalue weighted by molar-refractivity contribution is -0.115. The molecule has 0 radical (unpaired) electrons. The Kier molecular flexibility index (Phi) is 5.35. The molecular formula is C23H26N2O2. The number of anilines is 1. The molecule has 1 amide bonds. The molecule has 1 saturated heterocycles. The first kappa shape index (κ1) is 17.9. The molecule has 2 aliphatic heterocycles. The summed E-state index contributed by atoms with van der Waals surface area (Å²) in [5.74, 6) is 0.174. The number of rotatable bonds is 6. The Hall–Kier alpha value is -2.46. The molecule has 2 aromatic carbocycles. The van der Waals surface area contributed by atoms with Crippen molar-refractivity contribution < 1.29 is 9.59 Å². The first-order valence-corrected chi connectivity index (χ1v) is 9.93. The number of hydrogen-bond acceptors (Lipinski definition) is 3. The molecule has 2 aliphatic rings. The van der Waals surface area contributed by atoms with E-state index in [1.165, 1.54) is 24.8 Å². The summed E-state index contributed by atoms with van der Waals surface area (Å²) in [6.45, 7) is 1.89. The van der Waals surface area contributed by atoms with E-state index >= 15 is 0 Å². The molecule has 4 rings (SSSR count). The van der Waals surface area contributed by atoms with E-state index in [0.29, 0.717) is 18.9 Å². The fourth-order valence-corrected chi connectivity index (χ4v) is 4.26. The predicted molar refractivity (Wildman–Crippen MR) is 107 cm³/mol. The van der Waals surface area contributed by atoms with E-state index in [0.717, 1.165) is 36.3 Å². The normalized spacial score (nSPS) is 19.6. The second kappa shape index (κ2) is 8.05. The maximum Gasteiger partial charge on any atom is 0.228 e. The van der Waals surface area contributed by atoms with Crippen molar-refractivity contribution in [3.8, 4) is 0 Å². The van der Waals surface area contributed by atoms with Gasteiger partial charge in [-0.25, -0.2) is 0 Å². The molecule has 140 valence electrons. The zero-order valence-corrected chi connectivity index (χ0v) is 15.6. The predicted octanol–water partition coefficient (Wildman–Crippen LogP) is 3.85.